The maximum Gasteiger partial charge on any atom is 0.275 e. The highest BCUT2D eigenvalue weighted by atomic mass is 79.9. The summed E-state index contributed by atoms with van der Waals surface area (Å²) >= 11 is 3.23. The summed E-state index contributed by atoms with van der Waals surface area (Å²) in [6.45, 7) is 2.29. The molecule has 1 aromatic heterocycles. The predicted molar refractivity (Wildman–Crippen MR) is 77.1 cm³/mol. The minimum absolute atomic E-state index is 0.0990. The zero-order chi connectivity index (χ0) is 13.8. The van der Waals surface area contributed by atoms with Crippen molar-refractivity contribution in [2.45, 2.75) is 13.5 Å². The van der Waals surface area contributed by atoms with E-state index in [1.165, 1.54) is 6.07 Å². The van der Waals surface area contributed by atoms with Gasteiger partial charge in [0.25, 0.3) is 5.69 Å². The van der Waals surface area contributed by atoms with E-state index in [0.29, 0.717) is 16.6 Å². The van der Waals surface area contributed by atoms with Crippen molar-refractivity contribution in [1.82, 2.24) is 4.98 Å². The van der Waals surface area contributed by atoms with E-state index in [4.69, 9.17) is 0 Å². The molecule has 6 heteroatoms. The number of nitro benzene ring substituents is 1. The van der Waals surface area contributed by atoms with E-state index in [0.717, 1.165) is 11.4 Å². The van der Waals surface area contributed by atoms with Gasteiger partial charge in [0, 0.05) is 28.3 Å². The van der Waals surface area contributed by atoms with Crippen LogP contribution in [0.3, 0.4) is 0 Å². The second-order valence-electron chi connectivity index (χ2n) is 4.07. The number of hydrogen-bond donors (Lipinski definition) is 1. The molecule has 0 saturated carbocycles. The zero-order valence-corrected chi connectivity index (χ0v) is 11.8. The normalized spacial score (nSPS) is 10.2. The molecule has 19 heavy (non-hydrogen) atoms. The molecule has 0 atom stereocenters. The molecule has 0 fully saturated rings. The number of pyridine rings is 1. The van der Waals surface area contributed by atoms with Gasteiger partial charge in [-0.3, -0.25) is 15.1 Å². The lowest BCUT2D eigenvalue weighted by atomic mass is 10.2. The molecule has 0 radical (unpaired) electrons. The molecule has 0 amide bonds. The van der Waals surface area contributed by atoms with E-state index in [2.05, 4.69) is 26.2 Å². The molecule has 0 unspecified atom stereocenters. The monoisotopic (exact) mass is 321 g/mol. The number of nitro groups is 1. The number of halogens is 1. The first-order valence-corrected chi connectivity index (χ1v) is 6.45. The molecule has 1 N–H and O–H groups in total. The molecule has 0 bridgehead atoms. The van der Waals surface area contributed by atoms with Gasteiger partial charge in [0.1, 0.15) is 0 Å². The second-order valence-corrected chi connectivity index (χ2v) is 4.99. The van der Waals surface area contributed by atoms with Gasteiger partial charge in [0.15, 0.2) is 0 Å². The van der Waals surface area contributed by atoms with Crippen molar-refractivity contribution in [3.8, 4) is 0 Å². The molecule has 2 rings (SSSR count). The van der Waals surface area contributed by atoms with Crippen LogP contribution >= 0.6 is 15.9 Å². The number of nitrogens with zero attached hydrogens (tertiary/aromatic N) is 2. The van der Waals surface area contributed by atoms with Crippen molar-refractivity contribution < 1.29 is 4.92 Å². The second kappa shape index (κ2) is 5.79. The molecule has 2 aromatic rings. The Bertz CT molecular complexity index is 599. The lowest BCUT2D eigenvalue weighted by Gasteiger charge is -2.07. The van der Waals surface area contributed by atoms with Gasteiger partial charge in [0.05, 0.1) is 16.8 Å². The van der Waals surface area contributed by atoms with Crippen molar-refractivity contribution >= 4 is 27.3 Å². The maximum atomic E-state index is 11.0. The van der Waals surface area contributed by atoms with Gasteiger partial charge in [0.2, 0.25) is 0 Å². The third-order valence-corrected chi connectivity index (χ3v) is 3.13. The van der Waals surface area contributed by atoms with Crippen molar-refractivity contribution in [2.24, 2.45) is 0 Å². The number of aromatic nitrogens is 1. The molecule has 0 aliphatic rings. The first-order chi connectivity index (χ1) is 9.06. The Labute approximate surface area is 119 Å². The van der Waals surface area contributed by atoms with Crippen LogP contribution in [-0.4, -0.2) is 9.91 Å². The predicted octanol–water partition coefficient (Wildman–Crippen LogP) is 3.67. The van der Waals surface area contributed by atoms with Gasteiger partial charge in [-0.2, -0.15) is 0 Å². The third-order valence-electron chi connectivity index (χ3n) is 2.64. The quantitative estimate of drug-likeness (QED) is 0.689. The molecule has 98 valence electrons. The van der Waals surface area contributed by atoms with Crippen LogP contribution in [0, 0.1) is 17.0 Å². The van der Waals surface area contributed by atoms with Crippen LogP contribution in [0.15, 0.2) is 41.0 Å². The van der Waals surface area contributed by atoms with Crippen LogP contribution in [-0.2, 0) is 6.54 Å². The van der Waals surface area contributed by atoms with E-state index < -0.39 is 0 Å². The fraction of sp³-hybridized carbons (Fsp3) is 0.154. The minimum atomic E-state index is -0.380. The topological polar surface area (TPSA) is 68.1 Å². The lowest BCUT2D eigenvalue weighted by Crippen LogP contribution is -2.03. The standard InChI is InChI=1S/C13H12BrN3O2/c1-9-2-5-12(8-15-9)16-7-10-3-4-11(14)6-13(10)17(18)19/h2-6,8,16H,7H2,1H3. The minimum Gasteiger partial charge on any atom is -0.379 e. The molecule has 1 aromatic carbocycles. The Balaban J connectivity index is 2.15. The number of hydrogen-bond acceptors (Lipinski definition) is 4. The van der Waals surface area contributed by atoms with Crippen molar-refractivity contribution in [3.05, 3.63) is 62.4 Å². The maximum absolute atomic E-state index is 11.0. The largest absolute Gasteiger partial charge is 0.379 e. The van der Waals surface area contributed by atoms with Crippen LogP contribution in [0.1, 0.15) is 11.3 Å². The highest BCUT2D eigenvalue weighted by Crippen LogP contribution is 2.24. The van der Waals surface area contributed by atoms with E-state index in [9.17, 15) is 10.1 Å². The Hall–Kier alpha value is -1.95. The van der Waals surface area contributed by atoms with E-state index in [1.807, 2.05) is 19.1 Å². The van der Waals surface area contributed by atoms with Crippen LogP contribution in [0.5, 0.6) is 0 Å². The summed E-state index contributed by atoms with van der Waals surface area (Å²) in [5.74, 6) is 0. The van der Waals surface area contributed by atoms with Gasteiger partial charge in [-0.15, -0.1) is 0 Å². The lowest BCUT2D eigenvalue weighted by molar-refractivity contribution is -0.385. The fourth-order valence-corrected chi connectivity index (χ4v) is 1.98. The fourth-order valence-electron chi connectivity index (χ4n) is 1.63. The smallest absolute Gasteiger partial charge is 0.275 e. The van der Waals surface area contributed by atoms with Crippen LogP contribution in [0.25, 0.3) is 0 Å². The Morgan fingerprint density at radius 1 is 1.37 bits per heavy atom. The van der Waals surface area contributed by atoms with Crippen LogP contribution in [0.4, 0.5) is 11.4 Å². The SMILES string of the molecule is Cc1ccc(NCc2ccc(Br)cc2[N+](=O)[O-])cn1. The highest BCUT2D eigenvalue weighted by Gasteiger charge is 2.13. The van der Waals surface area contributed by atoms with Crippen LogP contribution in [0.2, 0.25) is 0 Å². The highest BCUT2D eigenvalue weighted by molar-refractivity contribution is 9.10. The molecular formula is C13H12BrN3O2. The van der Waals surface area contributed by atoms with Crippen molar-refractivity contribution in [2.75, 3.05) is 5.32 Å². The zero-order valence-electron chi connectivity index (χ0n) is 10.3. The summed E-state index contributed by atoms with van der Waals surface area (Å²) < 4.78 is 0.694. The average Bonchev–Trinajstić information content (AvgIpc) is 2.39. The molecule has 0 spiro atoms. The molecule has 1 heterocycles. The summed E-state index contributed by atoms with van der Waals surface area (Å²) in [4.78, 5) is 14.8. The Morgan fingerprint density at radius 3 is 2.79 bits per heavy atom. The Kier molecular flexibility index (Phi) is 4.11. The summed E-state index contributed by atoms with van der Waals surface area (Å²) in [7, 11) is 0. The van der Waals surface area contributed by atoms with Gasteiger partial charge >= 0.3 is 0 Å². The number of benzene rings is 1. The summed E-state index contributed by atoms with van der Waals surface area (Å²) in [5, 5.41) is 14.1. The average molecular weight is 322 g/mol. The first-order valence-electron chi connectivity index (χ1n) is 5.65. The summed E-state index contributed by atoms with van der Waals surface area (Å²) in [6, 6.07) is 8.81. The van der Waals surface area contributed by atoms with Crippen LogP contribution < -0.4 is 5.32 Å². The third kappa shape index (κ3) is 3.51. The molecular weight excluding hydrogens is 310 g/mol. The first kappa shape index (κ1) is 13.5. The number of rotatable bonds is 4. The van der Waals surface area contributed by atoms with E-state index in [1.54, 1.807) is 18.3 Å². The summed E-state index contributed by atoms with van der Waals surface area (Å²) in [5.41, 5.74) is 2.50. The summed E-state index contributed by atoms with van der Waals surface area (Å²) in [6.07, 6.45) is 1.71. The Morgan fingerprint density at radius 2 is 2.16 bits per heavy atom. The van der Waals surface area contributed by atoms with Crippen molar-refractivity contribution in [1.29, 1.82) is 0 Å². The van der Waals surface area contributed by atoms with Gasteiger partial charge in [-0.05, 0) is 31.2 Å². The molecule has 0 aliphatic carbocycles. The van der Waals surface area contributed by atoms with Gasteiger partial charge in [-0.1, -0.05) is 15.9 Å². The number of anilines is 1. The molecule has 0 aliphatic heterocycles. The number of aryl methyl sites for hydroxylation is 1. The van der Waals surface area contributed by atoms with Gasteiger partial charge < -0.3 is 5.32 Å². The van der Waals surface area contributed by atoms with Gasteiger partial charge in [-0.25, -0.2) is 0 Å². The van der Waals surface area contributed by atoms with Crippen molar-refractivity contribution in [3.63, 3.8) is 0 Å². The molecule has 5 nitrogen and oxygen atoms in total. The van der Waals surface area contributed by atoms with E-state index >= 15 is 0 Å². The molecule has 0 saturated heterocycles. The number of nitrogens with one attached hydrogen (secondary N) is 1. The van der Waals surface area contributed by atoms with E-state index in [-0.39, 0.29) is 10.6 Å².